The standard InChI is InChI=1S/C17H17N7O3/c1-21-15-14(16(26)22(2)17(21)27)23(10-19-15)9-13(25)18-8-11-7-12-5-3-4-6-24(12)20-11/h3-7,10H,8-9H2,1-2H3,(H,18,25). The second kappa shape index (κ2) is 6.24. The first-order valence-corrected chi connectivity index (χ1v) is 8.26. The molecule has 0 saturated carbocycles. The molecule has 0 unspecified atom stereocenters. The lowest BCUT2D eigenvalue weighted by molar-refractivity contribution is -0.121. The number of carbonyl (C=O) groups is 1. The first-order valence-electron chi connectivity index (χ1n) is 8.26. The predicted molar refractivity (Wildman–Crippen MR) is 97.3 cm³/mol. The Labute approximate surface area is 152 Å². The Kier molecular flexibility index (Phi) is 3.87. The summed E-state index contributed by atoms with van der Waals surface area (Å²) in [5, 5.41) is 7.15. The average Bonchev–Trinajstić information content (AvgIpc) is 3.26. The fourth-order valence-electron chi connectivity index (χ4n) is 2.99. The Morgan fingerprint density at radius 2 is 2.00 bits per heavy atom. The van der Waals surface area contributed by atoms with Crippen LogP contribution in [0.5, 0.6) is 0 Å². The summed E-state index contributed by atoms with van der Waals surface area (Å²) in [7, 11) is 2.93. The third-order valence-electron chi connectivity index (χ3n) is 4.42. The van der Waals surface area contributed by atoms with Crippen molar-refractivity contribution in [1.29, 1.82) is 0 Å². The first kappa shape index (κ1) is 16.8. The molecule has 0 aromatic carbocycles. The van der Waals surface area contributed by atoms with Gasteiger partial charge in [0.15, 0.2) is 11.2 Å². The number of carbonyl (C=O) groups excluding carboxylic acids is 1. The summed E-state index contributed by atoms with van der Waals surface area (Å²) < 4.78 is 5.45. The predicted octanol–water partition coefficient (Wildman–Crippen LogP) is -0.602. The molecule has 4 heterocycles. The lowest BCUT2D eigenvalue weighted by atomic mass is 10.3. The summed E-state index contributed by atoms with van der Waals surface area (Å²) in [4.78, 5) is 40.8. The van der Waals surface area contributed by atoms with Crippen LogP contribution in [0.25, 0.3) is 16.7 Å². The molecular formula is C17H17N7O3. The van der Waals surface area contributed by atoms with E-state index >= 15 is 0 Å². The smallest absolute Gasteiger partial charge is 0.332 e. The van der Waals surface area contributed by atoms with Gasteiger partial charge in [0.25, 0.3) is 5.56 Å². The molecule has 27 heavy (non-hydrogen) atoms. The highest BCUT2D eigenvalue weighted by molar-refractivity contribution is 5.78. The number of pyridine rings is 1. The Morgan fingerprint density at radius 3 is 2.78 bits per heavy atom. The molecule has 10 heteroatoms. The molecule has 0 aliphatic rings. The van der Waals surface area contributed by atoms with Crippen LogP contribution in [-0.2, 0) is 32.0 Å². The number of aryl methyl sites for hydroxylation is 1. The number of imidazole rings is 1. The molecule has 0 saturated heterocycles. The molecule has 0 radical (unpaired) electrons. The van der Waals surface area contributed by atoms with Crippen molar-refractivity contribution in [3.63, 3.8) is 0 Å². The highest BCUT2D eigenvalue weighted by Gasteiger charge is 2.16. The molecule has 0 fully saturated rings. The van der Waals surface area contributed by atoms with E-state index in [9.17, 15) is 14.4 Å². The number of fused-ring (bicyclic) bond motifs is 2. The van der Waals surface area contributed by atoms with Gasteiger partial charge in [-0.2, -0.15) is 5.10 Å². The molecular weight excluding hydrogens is 350 g/mol. The van der Waals surface area contributed by atoms with E-state index in [1.165, 1.54) is 29.6 Å². The van der Waals surface area contributed by atoms with Crippen LogP contribution in [-0.4, -0.2) is 34.2 Å². The molecule has 10 nitrogen and oxygen atoms in total. The van der Waals surface area contributed by atoms with E-state index in [1.54, 1.807) is 4.52 Å². The summed E-state index contributed by atoms with van der Waals surface area (Å²) in [6.45, 7) is 0.182. The van der Waals surface area contributed by atoms with Crippen molar-refractivity contribution in [3.8, 4) is 0 Å². The summed E-state index contributed by atoms with van der Waals surface area (Å²) in [6, 6.07) is 7.60. The SMILES string of the molecule is Cn1c(=O)c2c(ncn2CC(=O)NCc2cc3ccccn3n2)n(C)c1=O. The normalized spacial score (nSPS) is 11.3. The molecule has 1 N–H and O–H groups in total. The zero-order chi connectivity index (χ0) is 19.1. The lowest BCUT2D eigenvalue weighted by Crippen LogP contribution is -2.38. The molecule has 4 aromatic heterocycles. The molecule has 4 rings (SSSR count). The van der Waals surface area contributed by atoms with Gasteiger partial charge in [0, 0.05) is 20.3 Å². The van der Waals surface area contributed by atoms with Crippen LogP contribution >= 0.6 is 0 Å². The van der Waals surface area contributed by atoms with Crippen molar-refractivity contribution in [1.82, 2.24) is 33.6 Å². The molecule has 1 amide bonds. The highest BCUT2D eigenvalue weighted by Crippen LogP contribution is 2.07. The van der Waals surface area contributed by atoms with Gasteiger partial charge in [0.1, 0.15) is 6.54 Å². The van der Waals surface area contributed by atoms with Crippen LogP contribution in [0.3, 0.4) is 0 Å². The largest absolute Gasteiger partial charge is 0.349 e. The van der Waals surface area contributed by atoms with Crippen molar-refractivity contribution >= 4 is 22.6 Å². The minimum Gasteiger partial charge on any atom is -0.349 e. The number of hydrogen-bond donors (Lipinski definition) is 1. The number of hydrogen-bond acceptors (Lipinski definition) is 5. The second-order valence-electron chi connectivity index (χ2n) is 6.23. The Bertz CT molecular complexity index is 1260. The van der Waals surface area contributed by atoms with E-state index in [0.717, 1.165) is 15.8 Å². The van der Waals surface area contributed by atoms with E-state index in [-0.39, 0.29) is 30.2 Å². The minimum atomic E-state index is -0.487. The minimum absolute atomic E-state index is 0.0860. The van der Waals surface area contributed by atoms with Crippen molar-refractivity contribution in [2.75, 3.05) is 0 Å². The summed E-state index contributed by atoms with van der Waals surface area (Å²) in [5.41, 5.74) is 1.17. The Morgan fingerprint density at radius 1 is 1.19 bits per heavy atom. The average molecular weight is 367 g/mol. The van der Waals surface area contributed by atoms with Gasteiger partial charge in [-0.1, -0.05) is 6.07 Å². The van der Waals surface area contributed by atoms with Gasteiger partial charge in [-0.05, 0) is 18.2 Å². The molecule has 0 atom stereocenters. The van der Waals surface area contributed by atoms with Crippen LogP contribution in [0.1, 0.15) is 5.69 Å². The number of rotatable bonds is 4. The Balaban J connectivity index is 1.54. The number of aromatic nitrogens is 6. The van der Waals surface area contributed by atoms with Gasteiger partial charge in [-0.25, -0.2) is 14.3 Å². The molecule has 0 spiro atoms. The fourth-order valence-corrected chi connectivity index (χ4v) is 2.99. The van der Waals surface area contributed by atoms with Gasteiger partial charge >= 0.3 is 5.69 Å². The van der Waals surface area contributed by atoms with E-state index in [2.05, 4.69) is 15.4 Å². The maximum atomic E-state index is 12.4. The quantitative estimate of drug-likeness (QED) is 0.518. The zero-order valence-electron chi connectivity index (χ0n) is 14.8. The summed E-state index contributed by atoms with van der Waals surface area (Å²) in [5.74, 6) is -0.290. The van der Waals surface area contributed by atoms with Crippen LogP contribution in [0, 0.1) is 0 Å². The van der Waals surface area contributed by atoms with Crippen LogP contribution in [0.4, 0.5) is 0 Å². The van der Waals surface area contributed by atoms with Crippen molar-refractivity contribution in [3.05, 3.63) is 63.3 Å². The lowest BCUT2D eigenvalue weighted by Gasteiger charge is -2.07. The van der Waals surface area contributed by atoms with Crippen LogP contribution in [0.2, 0.25) is 0 Å². The maximum Gasteiger partial charge on any atom is 0.332 e. The number of amides is 1. The molecule has 0 bridgehead atoms. The zero-order valence-corrected chi connectivity index (χ0v) is 14.8. The van der Waals surface area contributed by atoms with Gasteiger partial charge in [-0.15, -0.1) is 0 Å². The number of nitrogens with one attached hydrogen (secondary N) is 1. The summed E-state index contributed by atoms with van der Waals surface area (Å²) in [6.07, 6.45) is 3.22. The van der Waals surface area contributed by atoms with E-state index in [0.29, 0.717) is 0 Å². The topological polar surface area (TPSA) is 108 Å². The van der Waals surface area contributed by atoms with E-state index in [1.807, 2.05) is 30.5 Å². The monoisotopic (exact) mass is 367 g/mol. The van der Waals surface area contributed by atoms with Gasteiger partial charge in [0.05, 0.1) is 24.1 Å². The molecule has 0 aliphatic heterocycles. The van der Waals surface area contributed by atoms with E-state index < -0.39 is 11.2 Å². The van der Waals surface area contributed by atoms with E-state index in [4.69, 9.17) is 0 Å². The number of nitrogens with zero attached hydrogens (tertiary/aromatic N) is 6. The fraction of sp³-hybridized carbons (Fsp3) is 0.235. The Hall–Kier alpha value is -3.69. The van der Waals surface area contributed by atoms with Crippen LogP contribution < -0.4 is 16.6 Å². The van der Waals surface area contributed by atoms with Gasteiger partial charge in [-0.3, -0.25) is 18.7 Å². The second-order valence-corrected chi connectivity index (χ2v) is 6.23. The maximum absolute atomic E-state index is 12.4. The van der Waals surface area contributed by atoms with Crippen LogP contribution in [0.15, 0.2) is 46.4 Å². The van der Waals surface area contributed by atoms with Gasteiger partial charge < -0.3 is 9.88 Å². The van der Waals surface area contributed by atoms with Crippen molar-refractivity contribution in [2.45, 2.75) is 13.1 Å². The molecule has 0 aliphatic carbocycles. The van der Waals surface area contributed by atoms with Crippen molar-refractivity contribution in [2.24, 2.45) is 14.1 Å². The summed E-state index contributed by atoms with van der Waals surface area (Å²) >= 11 is 0. The van der Waals surface area contributed by atoms with Crippen molar-refractivity contribution < 1.29 is 4.79 Å². The molecule has 138 valence electrons. The van der Waals surface area contributed by atoms with Gasteiger partial charge in [0.2, 0.25) is 5.91 Å². The molecule has 4 aromatic rings. The third-order valence-corrected chi connectivity index (χ3v) is 4.42. The highest BCUT2D eigenvalue weighted by atomic mass is 16.2. The third kappa shape index (κ3) is 2.80. The first-order chi connectivity index (χ1) is 13.0.